The van der Waals surface area contributed by atoms with Gasteiger partial charge in [0.2, 0.25) is 0 Å². The Kier molecular flexibility index (Phi) is 8.80. The van der Waals surface area contributed by atoms with E-state index in [-0.39, 0.29) is 11.8 Å². The largest absolute Gasteiger partial charge is 0.394 e. The van der Waals surface area contributed by atoms with Crippen molar-refractivity contribution < 1.29 is 10.2 Å². The van der Waals surface area contributed by atoms with E-state index in [2.05, 4.69) is 9.88 Å². The Bertz CT molecular complexity index is 423. The summed E-state index contributed by atoms with van der Waals surface area (Å²) >= 11 is 10.8. The lowest BCUT2D eigenvalue weighted by molar-refractivity contribution is 0.0533. The Morgan fingerprint density at radius 2 is 2.00 bits per heavy atom. The number of β-amino-alcohol motifs (C(OH)–C–C–N with tert-alkyl or cyclic N) is 1. The highest BCUT2D eigenvalue weighted by atomic mass is 35.5. The second-order valence-corrected chi connectivity index (χ2v) is 5.65. The van der Waals surface area contributed by atoms with Gasteiger partial charge in [-0.3, -0.25) is 5.41 Å². The standard InChI is InChI=1S/C8H17NO2.C6H4Cl2N2/c10-7-8(11)6-9-4-2-1-3-5-9;7-5-2-1-4(3-10-5)6(8)9/h8,10-11H,1-7H2;1-3,9H. The predicted molar refractivity (Wildman–Crippen MR) is 85.3 cm³/mol. The maximum Gasteiger partial charge on any atom is 0.129 e. The van der Waals surface area contributed by atoms with Gasteiger partial charge in [0, 0.05) is 18.3 Å². The number of likely N-dealkylation sites (tertiary alicyclic amines) is 1. The van der Waals surface area contributed by atoms with Crippen molar-refractivity contribution in [2.45, 2.75) is 25.4 Å². The minimum absolute atomic E-state index is 0.0239. The molecule has 1 unspecified atom stereocenters. The molecule has 0 aliphatic carbocycles. The van der Waals surface area contributed by atoms with Gasteiger partial charge in [-0.1, -0.05) is 29.6 Å². The Hall–Kier alpha value is -0.720. The first-order valence-electron chi connectivity index (χ1n) is 6.90. The van der Waals surface area contributed by atoms with E-state index in [1.807, 2.05) is 0 Å². The second kappa shape index (κ2) is 10.1. The smallest absolute Gasteiger partial charge is 0.129 e. The fourth-order valence-corrected chi connectivity index (χ4v) is 2.23. The van der Waals surface area contributed by atoms with Crippen LogP contribution in [0.1, 0.15) is 24.8 Å². The van der Waals surface area contributed by atoms with Crippen molar-refractivity contribution in [3.63, 3.8) is 0 Å². The molecule has 7 heteroatoms. The average Bonchev–Trinajstić information content (AvgIpc) is 2.49. The van der Waals surface area contributed by atoms with E-state index >= 15 is 0 Å². The fourth-order valence-electron chi connectivity index (χ4n) is 2.00. The summed E-state index contributed by atoms with van der Waals surface area (Å²) in [6, 6.07) is 3.23. The molecule has 5 nitrogen and oxygen atoms in total. The quantitative estimate of drug-likeness (QED) is 0.582. The summed E-state index contributed by atoms with van der Waals surface area (Å²) < 4.78 is 0. The highest BCUT2D eigenvalue weighted by Gasteiger charge is 2.13. The molecule has 0 saturated carbocycles. The fraction of sp³-hybridized carbons (Fsp3) is 0.571. The molecule has 0 radical (unpaired) electrons. The van der Waals surface area contributed by atoms with Crippen LogP contribution in [0.3, 0.4) is 0 Å². The van der Waals surface area contributed by atoms with E-state index in [9.17, 15) is 0 Å². The minimum Gasteiger partial charge on any atom is -0.394 e. The number of aromatic nitrogens is 1. The molecule has 2 heterocycles. The lowest BCUT2D eigenvalue weighted by Gasteiger charge is -2.27. The molecule has 0 spiro atoms. The van der Waals surface area contributed by atoms with Crippen LogP contribution in [0.4, 0.5) is 0 Å². The summed E-state index contributed by atoms with van der Waals surface area (Å²) in [5.41, 5.74) is 0.575. The second-order valence-electron chi connectivity index (χ2n) is 4.88. The van der Waals surface area contributed by atoms with Gasteiger partial charge in [-0.25, -0.2) is 4.98 Å². The number of pyridine rings is 1. The molecule has 2 rings (SSSR count). The van der Waals surface area contributed by atoms with Crippen LogP contribution in [-0.4, -0.2) is 57.6 Å². The van der Waals surface area contributed by atoms with Crippen molar-refractivity contribution >= 4 is 28.4 Å². The lowest BCUT2D eigenvalue weighted by atomic mass is 10.1. The first kappa shape index (κ1) is 18.3. The number of aliphatic hydroxyl groups is 2. The molecule has 0 amide bonds. The lowest BCUT2D eigenvalue weighted by Crippen LogP contribution is -2.37. The molecule has 1 aromatic heterocycles. The van der Waals surface area contributed by atoms with Gasteiger partial charge in [-0.05, 0) is 38.1 Å². The summed E-state index contributed by atoms with van der Waals surface area (Å²) in [4.78, 5) is 5.95. The summed E-state index contributed by atoms with van der Waals surface area (Å²) in [5, 5.41) is 25.1. The molecular formula is C14H21Cl2N3O2. The molecule has 3 N–H and O–H groups in total. The molecule has 1 aliphatic rings. The number of piperidine rings is 1. The van der Waals surface area contributed by atoms with E-state index in [0.29, 0.717) is 17.3 Å². The molecule has 0 bridgehead atoms. The van der Waals surface area contributed by atoms with Crippen LogP contribution in [0, 0.1) is 5.41 Å². The molecule has 1 saturated heterocycles. The first-order chi connectivity index (χ1) is 10.0. The number of nitrogens with one attached hydrogen (secondary N) is 1. The van der Waals surface area contributed by atoms with Crippen molar-refractivity contribution in [1.29, 1.82) is 5.41 Å². The Morgan fingerprint density at radius 1 is 1.33 bits per heavy atom. The van der Waals surface area contributed by atoms with Crippen LogP contribution in [-0.2, 0) is 0 Å². The van der Waals surface area contributed by atoms with Gasteiger partial charge in [-0.2, -0.15) is 0 Å². The highest BCUT2D eigenvalue weighted by molar-refractivity contribution is 6.68. The molecule has 0 aromatic carbocycles. The molecule has 1 aromatic rings. The summed E-state index contributed by atoms with van der Waals surface area (Å²) in [7, 11) is 0. The van der Waals surface area contributed by atoms with Crippen LogP contribution in [0.15, 0.2) is 18.3 Å². The first-order valence-corrected chi connectivity index (χ1v) is 7.65. The maximum atomic E-state index is 9.12. The molecule has 1 aliphatic heterocycles. The SMILES string of the molecule is N=C(Cl)c1ccc(Cl)nc1.OCC(O)CN1CCCCC1. The van der Waals surface area contributed by atoms with Crippen LogP contribution < -0.4 is 0 Å². The van der Waals surface area contributed by atoms with E-state index in [1.165, 1.54) is 25.5 Å². The normalized spacial score (nSPS) is 16.8. The summed E-state index contributed by atoms with van der Waals surface area (Å²) in [6.07, 6.45) is 4.69. The van der Waals surface area contributed by atoms with Gasteiger partial charge in [0.15, 0.2) is 0 Å². The van der Waals surface area contributed by atoms with E-state index in [0.717, 1.165) is 13.1 Å². The van der Waals surface area contributed by atoms with Crippen molar-refractivity contribution in [2.75, 3.05) is 26.2 Å². The van der Waals surface area contributed by atoms with Gasteiger partial charge in [0.05, 0.1) is 12.7 Å². The third kappa shape index (κ3) is 7.74. The Morgan fingerprint density at radius 3 is 2.48 bits per heavy atom. The number of rotatable bonds is 4. The maximum absolute atomic E-state index is 9.12. The van der Waals surface area contributed by atoms with E-state index in [1.54, 1.807) is 12.1 Å². The van der Waals surface area contributed by atoms with E-state index < -0.39 is 6.10 Å². The van der Waals surface area contributed by atoms with Crippen LogP contribution in [0.25, 0.3) is 0 Å². The molecule has 21 heavy (non-hydrogen) atoms. The molecule has 1 fully saturated rings. The molecule has 118 valence electrons. The number of halogens is 2. The van der Waals surface area contributed by atoms with Gasteiger partial charge in [-0.15, -0.1) is 0 Å². The third-order valence-electron chi connectivity index (χ3n) is 3.11. The number of nitrogens with zero attached hydrogens (tertiary/aromatic N) is 2. The number of aliphatic hydroxyl groups excluding tert-OH is 2. The minimum atomic E-state index is -0.548. The summed E-state index contributed by atoms with van der Waals surface area (Å²) in [6.45, 7) is 2.68. The monoisotopic (exact) mass is 333 g/mol. The Labute approximate surface area is 135 Å². The molecule has 1 atom stereocenters. The third-order valence-corrected chi connectivity index (χ3v) is 3.55. The van der Waals surface area contributed by atoms with Gasteiger partial charge in [0.1, 0.15) is 10.3 Å². The Balaban J connectivity index is 0.000000211. The zero-order valence-corrected chi connectivity index (χ0v) is 13.3. The van der Waals surface area contributed by atoms with E-state index in [4.69, 9.17) is 38.8 Å². The highest BCUT2D eigenvalue weighted by Crippen LogP contribution is 2.08. The number of hydrogen-bond donors (Lipinski definition) is 3. The van der Waals surface area contributed by atoms with Gasteiger partial charge < -0.3 is 15.1 Å². The van der Waals surface area contributed by atoms with Gasteiger partial charge >= 0.3 is 0 Å². The predicted octanol–water partition coefficient (Wildman–Crippen LogP) is 2.12. The zero-order valence-electron chi connectivity index (χ0n) is 11.8. The van der Waals surface area contributed by atoms with Gasteiger partial charge in [0.25, 0.3) is 0 Å². The van der Waals surface area contributed by atoms with Crippen LogP contribution in [0.5, 0.6) is 0 Å². The number of hydrogen-bond acceptors (Lipinski definition) is 5. The average molecular weight is 334 g/mol. The summed E-state index contributed by atoms with van der Waals surface area (Å²) in [5.74, 6) is 0. The van der Waals surface area contributed by atoms with Crippen molar-refractivity contribution in [3.05, 3.63) is 29.0 Å². The van der Waals surface area contributed by atoms with Crippen molar-refractivity contribution in [2.24, 2.45) is 0 Å². The van der Waals surface area contributed by atoms with Crippen LogP contribution in [0.2, 0.25) is 5.15 Å². The van der Waals surface area contributed by atoms with Crippen molar-refractivity contribution in [3.8, 4) is 0 Å². The molecular weight excluding hydrogens is 313 g/mol. The van der Waals surface area contributed by atoms with Crippen LogP contribution >= 0.6 is 23.2 Å². The van der Waals surface area contributed by atoms with Crippen molar-refractivity contribution in [1.82, 2.24) is 9.88 Å². The zero-order chi connectivity index (χ0) is 15.7. The topological polar surface area (TPSA) is 80.4 Å².